The van der Waals surface area contributed by atoms with Gasteiger partial charge in [-0.15, -0.1) is 0 Å². The number of phenols is 1. The van der Waals surface area contributed by atoms with Crippen molar-refractivity contribution in [2.45, 2.75) is 6.92 Å². The van der Waals surface area contributed by atoms with E-state index in [1.54, 1.807) is 36.4 Å². The van der Waals surface area contributed by atoms with Gasteiger partial charge in [0.05, 0.1) is 27.1 Å². The molecule has 2 aromatic rings. The number of benzene rings is 2. The highest BCUT2D eigenvalue weighted by Gasteiger charge is 2.34. The van der Waals surface area contributed by atoms with Crippen LogP contribution in [0.25, 0.3) is 6.08 Å². The first kappa shape index (κ1) is 21.6. The van der Waals surface area contributed by atoms with Gasteiger partial charge in [-0.1, -0.05) is 29.4 Å². The topological polar surface area (TPSA) is 78.9 Å². The second-order valence-corrected chi connectivity index (χ2v) is 8.93. The molecule has 150 valence electrons. The van der Waals surface area contributed by atoms with Gasteiger partial charge >= 0.3 is 0 Å². The molecule has 1 aliphatic heterocycles. The molecule has 29 heavy (non-hydrogen) atoms. The third kappa shape index (κ3) is 4.58. The third-order valence-electron chi connectivity index (χ3n) is 3.94. The van der Waals surface area contributed by atoms with Crippen LogP contribution in [0.2, 0.25) is 5.02 Å². The van der Waals surface area contributed by atoms with Gasteiger partial charge in [0.25, 0.3) is 11.8 Å². The van der Waals surface area contributed by atoms with Gasteiger partial charge in [0.2, 0.25) is 0 Å². The minimum Gasteiger partial charge on any atom is -0.503 e. The molecule has 2 N–H and O–H groups in total. The van der Waals surface area contributed by atoms with Crippen molar-refractivity contribution in [3.8, 4) is 11.5 Å². The number of halogens is 2. The summed E-state index contributed by atoms with van der Waals surface area (Å²) < 4.78 is 5.72. The highest BCUT2D eigenvalue weighted by Crippen LogP contribution is 2.38. The standard InChI is InChI=1S/C19H14BrClN2O4S2/c1-9-3-4-11(13(21)5-9)17(25)22-23-18(26)15(29-19(23)28)8-10-6-12(20)16(24)14(7-10)27-2/h3-8,24H,1-2H3,(H,22,25)/b15-8+. The summed E-state index contributed by atoms with van der Waals surface area (Å²) in [6.07, 6.45) is 1.59. The second-order valence-electron chi connectivity index (χ2n) is 5.99. The number of aromatic hydroxyl groups is 1. The molecule has 0 saturated carbocycles. The lowest BCUT2D eigenvalue weighted by atomic mass is 10.1. The molecule has 0 radical (unpaired) electrons. The number of carbonyl (C=O) groups excluding carboxylic acids is 2. The van der Waals surface area contributed by atoms with Crippen molar-refractivity contribution in [2.24, 2.45) is 0 Å². The summed E-state index contributed by atoms with van der Waals surface area (Å²) in [5.74, 6) is -0.802. The molecular formula is C19H14BrClN2O4S2. The molecule has 0 aromatic heterocycles. The highest BCUT2D eigenvalue weighted by molar-refractivity contribution is 9.10. The zero-order chi connectivity index (χ0) is 21.3. The van der Waals surface area contributed by atoms with Crippen molar-refractivity contribution in [3.63, 3.8) is 0 Å². The smallest absolute Gasteiger partial charge is 0.285 e. The number of nitrogens with one attached hydrogen (secondary N) is 1. The fourth-order valence-corrected chi connectivity index (χ4v) is 4.47. The summed E-state index contributed by atoms with van der Waals surface area (Å²) in [7, 11) is 1.43. The molecule has 1 saturated heterocycles. The largest absolute Gasteiger partial charge is 0.503 e. The molecule has 0 aliphatic carbocycles. The zero-order valence-corrected chi connectivity index (χ0v) is 19.1. The monoisotopic (exact) mass is 512 g/mol. The molecule has 1 heterocycles. The number of nitrogens with zero attached hydrogens (tertiary/aromatic N) is 1. The summed E-state index contributed by atoms with van der Waals surface area (Å²) >= 11 is 15.6. The number of phenolic OH excluding ortho intramolecular Hbond substituents is 1. The van der Waals surface area contributed by atoms with Crippen LogP contribution in [0.3, 0.4) is 0 Å². The van der Waals surface area contributed by atoms with E-state index in [4.69, 9.17) is 28.6 Å². The SMILES string of the molecule is COc1cc(/C=C2/SC(=S)N(NC(=O)c3ccc(C)cc3Cl)C2=O)cc(Br)c1O. The number of aryl methyl sites for hydroxylation is 1. The zero-order valence-electron chi connectivity index (χ0n) is 15.2. The van der Waals surface area contributed by atoms with E-state index in [1.165, 1.54) is 7.11 Å². The van der Waals surface area contributed by atoms with E-state index in [-0.39, 0.29) is 26.4 Å². The predicted octanol–water partition coefficient (Wildman–Crippen LogP) is 4.67. The number of rotatable bonds is 4. The number of thiocarbonyl (C=S) groups is 1. The lowest BCUT2D eigenvalue weighted by molar-refractivity contribution is -0.123. The summed E-state index contributed by atoms with van der Waals surface area (Å²) in [6, 6.07) is 8.21. The van der Waals surface area contributed by atoms with Crippen LogP contribution >= 0.6 is 51.5 Å². The number of amides is 2. The lowest BCUT2D eigenvalue weighted by Crippen LogP contribution is -2.44. The Labute approximate surface area is 190 Å². The van der Waals surface area contributed by atoms with Crippen LogP contribution in [-0.2, 0) is 4.79 Å². The molecule has 0 atom stereocenters. The highest BCUT2D eigenvalue weighted by atomic mass is 79.9. The van der Waals surface area contributed by atoms with E-state index in [0.29, 0.717) is 14.9 Å². The first-order valence-electron chi connectivity index (χ1n) is 8.13. The van der Waals surface area contributed by atoms with Gasteiger partial charge in [-0.25, -0.2) is 0 Å². The van der Waals surface area contributed by atoms with Gasteiger partial charge in [0, 0.05) is 0 Å². The average Bonchev–Trinajstić information content (AvgIpc) is 2.91. The molecule has 1 aliphatic rings. The normalized spacial score (nSPS) is 15.2. The number of hydrogen-bond donors (Lipinski definition) is 2. The number of methoxy groups -OCH3 is 1. The van der Waals surface area contributed by atoms with Crippen LogP contribution in [0.15, 0.2) is 39.7 Å². The van der Waals surface area contributed by atoms with E-state index >= 15 is 0 Å². The first-order valence-corrected chi connectivity index (χ1v) is 10.5. The Balaban J connectivity index is 1.83. The average molecular weight is 514 g/mol. The molecule has 0 unspecified atom stereocenters. The number of hydrogen-bond acceptors (Lipinski definition) is 6. The van der Waals surface area contributed by atoms with Gasteiger partial charge in [0.15, 0.2) is 15.8 Å². The van der Waals surface area contributed by atoms with Crippen LogP contribution < -0.4 is 10.2 Å². The van der Waals surface area contributed by atoms with Crippen molar-refractivity contribution in [3.05, 3.63) is 61.4 Å². The first-order chi connectivity index (χ1) is 13.7. The molecule has 10 heteroatoms. The van der Waals surface area contributed by atoms with Gasteiger partial charge in [-0.2, -0.15) is 5.01 Å². The minimum atomic E-state index is -0.540. The fraction of sp³-hybridized carbons (Fsp3) is 0.105. The third-order valence-corrected chi connectivity index (χ3v) is 6.16. The summed E-state index contributed by atoms with van der Waals surface area (Å²) in [5.41, 5.74) is 4.26. The number of hydrazine groups is 1. The lowest BCUT2D eigenvalue weighted by Gasteiger charge is -2.16. The number of ether oxygens (including phenoxy) is 1. The van der Waals surface area contributed by atoms with Crippen molar-refractivity contribution >= 4 is 73.7 Å². The molecular weight excluding hydrogens is 500 g/mol. The molecule has 2 amide bonds. The summed E-state index contributed by atoms with van der Waals surface area (Å²) in [4.78, 5) is 25.6. The molecule has 2 aromatic carbocycles. The Morgan fingerprint density at radius 1 is 1.38 bits per heavy atom. The van der Waals surface area contributed by atoms with Crippen molar-refractivity contribution in [1.82, 2.24) is 10.4 Å². The van der Waals surface area contributed by atoms with E-state index in [2.05, 4.69) is 21.4 Å². The van der Waals surface area contributed by atoms with E-state index in [1.807, 2.05) is 6.92 Å². The summed E-state index contributed by atoms with van der Waals surface area (Å²) in [5, 5.41) is 11.2. The van der Waals surface area contributed by atoms with Gasteiger partial charge in [-0.3, -0.25) is 15.0 Å². The Bertz CT molecular complexity index is 1070. The molecule has 1 fully saturated rings. The molecule has 3 rings (SSSR count). The minimum absolute atomic E-state index is 0.0422. The van der Waals surface area contributed by atoms with Gasteiger partial charge in [-0.05, 0) is 76.5 Å². The van der Waals surface area contributed by atoms with Crippen molar-refractivity contribution in [2.75, 3.05) is 7.11 Å². The van der Waals surface area contributed by atoms with Crippen LogP contribution in [-0.4, -0.2) is 33.4 Å². The van der Waals surface area contributed by atoms with E-state index < -0.39 is 11.8 Å². The second kappa shape index (κ2) is 8.74. The number of carbonyl (C=O) groups is 2. The Hall–Kier alpha value is -2.07. The van der Waals surface area contributed by atoms with Crippen LogP contribution in [0.4, 0.5) is 0 Å². The fourth-order valence-electron chi connectivity index (χ4n) is 2.51. The Morgan fingerprint density at radius 3 is 2.76 bits per heavy atom. The molecule has 6 nitrogen and oxygen atoms in total. The molecule has 0 spiro atoms. The van der Waals surface area contributed by atoms with Gasteiger partial charge < -0.3 is 9.84 Å². The van der Waals surface area contributed by atoms with Crippen LogP contribution in [0, 0.1) is 6.92 Å². The van der Waals surface area contributed by atoms with Crippen molar-refractivity contribution in [1.29, 1.82) is 0 Å². The quantitative estimate of drug-likeness (QED) is 0.457. The maximum Gasteiger partial charge on any atom is 0.285 e. The predicted molar refractivity (Wildman–Crippen MR) is 121 cm³/mol. The molecule has 0 bridgehead atoms. The Morgan fingerprint density at radius 2 is 2.10 bits per heavy atom. The van der Waals surface area contributed by atoms with Crippen LogP contribution in [0.5, 0.6) is 11.5 Å². The van der Waals surface area contributed by atoms with Crippen molar-refractivity contribution < 1.29 is 19.4 Å². The van der Waals surface area contributed by atoms with E-state index in [9.17, 15) is 14.7 Å². The maximum atomic E-state index is 12.7. The summed E-state index contributed by atoms with van der Waals surface area (Å²) in [6.45, 7) is 1.86. The van der Waals surface area contributed by atoms with Crippen LogP contribution in [0.1, 0.15) is 21.5 Å². The maximum absolute atomic E-state index is 12.7. The number of thioether (sulfide) groups is 1. The van der Waals surface area contributed by atoms with E-state index in [0.717, 1.165) is 22.3 Å². The Kier molecular flexibility index (Phi) is 6.52. The van der Waals surface area contributed by atoms with Gasteiger partial charge in [0.1, 0.15) is 0 Å².